The van der Waals surface area contributed by atoms with Gasteiger partial charge in [0.25, 0.3) is 0 Å². The zero-order chi connectivity index (χ0) is 14.0. The first-order valence-corrected chi connectivity index (χ1v) is 8.47. The van der Waals surface area contributed by atoms with Crippen molar-refractivity contribution in [1.29, 1.82) is 0 Å². The summed E-state index contributed by atoms with van der Waals surface area (Å²) in [6, 6.07) is 8.37. The van der Waals surface area contributed by atoms with E-state index in [1.54, 1.807) is 0 Å². The van der Waals surface area contributed by atoms with E-state index in [0.717, 1.165) is 38.0 Å². The fourth-order valence-corrected chi connectivity index (χ4v) is 3.27. The Labute approximate surface area is 125 Å². The fraction of sp³-hybridized carbons (Fsp3) is 0.562. The van der Waals surface area contributed by atoms with Crippen LogP contribution in [-0.4, -0.2) is 24.6 Å². The van der Waals surface area contributed by atoms with Gasteiger partial charge in [0.05, 0.1) is 15.2 Å². The summed E-state index contributed by atoms with van der Waals surface area (Å²) in [7, 11) is 0. The standard InChI is InChI=1S/C16H25N3S/c17-11-5-1-2-6-12-18-13-7-10-16-19-14-8-3-4-9-15(14)20-16/h3-4,8-9,18H,1-2,5-7,10-13,17H2. The molecule has 2 rings (SSSR count). The van der Waals surface area contributed by atoms with Crippen molar-refractivity contribution in [2.45, 2.75) is 38.5 Å². The van der Waals surface area contributed by atoms with Crippen LogP contribution in [0.4, 0.5) is 0 Å². The predicted octanol–water partition coefficient (Wildman–Crippen LogP) is 3.34. The maximum atomic E-state index is 5.47. The molecule has 20 heavy (non-hydrogen) atoms. The highest BCUT2D eigenvalue weighted by Gasteiger charge is 2.02. The third-order valence-corrected chi connectivity index (χ3v) is 4.49. The van der Waals surface area contributed by atoms with Crippen LogP contribution in [0.3, 0.4) is 0 Å². The molecule has 0 bridgehead atoms. The molecule has 1 heterocycles. The summed E-state index contributed by atoms with van der Waals surface area (Å²) in [6.45, 7) is 3.05. The molecule has 1 aromatic heterocycles. The largest absolute Gasteiger partial charge is 0.330 e. The molecule has 110 valence electrons. The molecule has 0 aliphatic rings. The Morgan fingerprint density at radius 2 is 1.80 bits per heavy atom. The highest BCUT2D eigenvalue weighted by Crippen LogP contribution is 2.22. The van der Waals surface area contributed by atoms with Crippen LogP contribution in [0.5, 0.6) is 0 Å². The van der Waals surface area contributed by atoms with Crippen LogP contribution in [-0.2, 0) is 6.42 Å². The maximum absolute atomic E-state index is 5.47. The first-order valence-electron chi connectivity index (χ1n) is 7.65. The topological polar surface area (TPSA) is 50.9 Å². The van der Waals surface area contributed by atoms with Crippen LogP contribution in [0.15, 0.2) is 24.3 Å². The van der Waals surface area contributed by atoms with Crippen molar-refractivity contribution in [2.75, 3.05) is 19.6 Å². The average Bonchev–Trinajstić information content (AvgIpc) is 2.88. The van der Waals surface area contributed by atoms with Crippen molar-refractivity contribution in [3.63, 3.8) is 0 Å². The van der Waals surface area contributed by atoms with E-state index in [-0.39, 0.29) is 0 Å². The highest BCUT2D eigenvalue weighted by atomic mass is 32.1. The molecule has 0 amide bonds. The Bertz CT molecular complexity index is 462. The maximum Gasteiger partial charge on any atom is 0.0939 e. The summed E-state index contributed by atoms with van der Waals surface area (Å²) in [5.74, 6) is 0. The summed E-state index contributed by atoms with van der Waals surface area (Å²) in [4.78, 5) is 4.66. The molecule has 0 fully saturated rings. The molecule has 0 aliphatic carbocycles. The lowest BCUT2D eigenvalue weighted by Gasteiger charge is -2.03. The van der Waals surface area contributed by atoms with Crippen LogP contribution < -0.4 is 11.1 Å². The van der Waals surface area contributed by atoms with E-state index in [2.05, 4.69) is 34.6 Å². The van der Waals surface area contributed by atoms with E-state index in [1.807, 2.05) is 11.3 Å². The lowest BCUT2D eigenvalue weighted by atomic mass is 10.2. The van der Waals surface area contributed by atoms with E-state index in [1.165, 1.54) is 35.4 Å². The Morgan fingerprint density at radius 3 is 2.65 bits per heavy atom. The van der Waals surface area contributed by atoms with Crippen molar-refractivity contribution >= 4 is 21.6 Å². The second kappa shape index (κ2) is 9.06. The van der Waals surface area contributed by atoms with Gasteiger partial charge in [-0.05, 0) is 51.0 Å². The molecule has 4 heteroatoms. The number of rotatable bonds is 10. The van der Waals surface area contributed by atoms with Gasteiger partial charge in [-0.1, -0.05) is 25.0 Å². The molecule has 0 saturated heterocycles. The van der Waals surface area contributed by atoms with E-state index >= 15 is 0 Å². The SMILES string of the molecule is NCCCCCCNCCCc1nc2ccccc2s1. The highest BCUT2D eigenvalue weighted by molar-refractivity contribution is 7.18. The Hall–Kier alpha value is -0.970. The number of unbranched alkanes of at least 4 members (excludes halogenated alkanes) is 3. The minimum absolute atomic E-state index is 0.829. The van der Waals surface area contributed by atoms with Crippen LogP contribution in [0.1, 0.15) is 37.1 Å². The fourth-order valence-electron chi connectivity index (χ4n) is 2.26. The molecule has 0 unspecified atom stereocenters. The molecule has 3 nitrogen and oxygen atoms in total. The Morgan fingerprint density at radius 1 is 1.00 bits per heavy atom. The number of hydrogen-bond donors (Lipinski definition) is 2. The number of aromatic nitrogens is 1. The Kier molecular flexibility index (Phi) is 6.98. The smallest absolute Gasteiger partial charge is 0.0939 e. The van der Waals surface area contributed by atoms with Crippen molar-refractivity contribution in [1.82, 2.24) is 10.3 Å². The number of thiazole rings is 1. The molecule has 3 N–H and O–H groups in total. The first kappa shape index (κ1) is 15.4. The van der Waals surface area contributed by atoms with Gasteiger partial charge in [0.1, 0.15) is 0 Å². The van der Waals surface area contributed by atoms with Crippen LogP contribution >= 0.6 is 11.3 Å². The summed E-state index contributed by atoms with van der Waals surface area (Å²) >= 11 is 1.82. The quantitative estimate of drug-likeness (QED) is 0.660. The minimum Gasteiger partial charge on any atom is -0.330 e. The summed E-state index contributed by atoms with van der Waals surface area (Å²) in [6.07, 6.45) is 7.24. The van der Waals surface area contributed by atoms with Gasteiger partial charge < -0.3 is 11.1 Å². The normalized spacial score (nSPS) is 11.2. The van der Waals surface area contributed by atoms with Crippen LogP contribution in [0.2, 0.25) is 0 Å². The molecular formula is C16H25N3S. The number of nitrogens with zero attached hydrogens (tertiary/aromatic N) is 1. The summed E-state index contributed by atoms with van der Waals surface area (Å²) < 4.78 is 1.30. The average molecular weight is 291 g/mol. The van der Waals surface area contributed by atoms with Gasteiger partial charge in [0.15, 0.2) is 0 Å². The van der Waals surface area contributed by atoms with Gasteiger partial charge in [-0.2, -0.15) is 0 Å². The number of fused-ring (bicyclic) bond motifs is 1. The lowest BCUT2D eigenvalue weighted by molar-refractivity contribution is 0.579. The Balaban J connectivity index is 1.55. The molecule has 0 saturated carbocycles. The van der Waals surface area contributed by atoms with Gasteiger partial charge in [-0.25, -0.2) is 4.98 Å². The molecule has 0 atom stereocenters. The van der Waals surface area contributed by atoms with Gasteiger partial charge >= 0.3 is 0 Å². The van der Waals surface area contributed by atoms with Gasteiger partial charge in [0, 0.05) is 6.42 Å². The number of hydrogen-bond acceptors (Lipinski definition) is 4. The zero-order valence-electron chi connectivity index (χ0n) is 12.1. The molecule has 0 aliphatic heterocycles. The van der Waals surface area contributed by atoms with Crippen molar-refractivity contribution in [3.8, 4) is 0 Å². The third-order valence-electron chi connectivity index (χ3n) is 3.39. The van der Waals surface area contributed by atoms with Gasteiger partial charge in [0.2, 0.25) is 0 Å². The van der Waals surface area contributed by atoms with Crippen LogP contribution in [0, 0.1) is 0 Å². The second-order valence-corrected chi connectivity index (χ2v) is 6.25. The van der Waals surface area contributed by atoms with E-state index in [9.17, 15) is 0 Å². The van der Waals surface area contributed by atoms with Gasteiger partial charge in [-0.15, -0.1) is 11.3 Å². The lowest BCUT2D eigenvalue weighted by Crippen LogP contribution is -2.17. The van der Waals surface area contributed by atoms with E-state index in [0.29, 0.717) is 0 Å². The molecule has 1 aromatic carbocycles. The number of nitrogens with one attached hydrogen (secondary N) is 1. The van der Waals surface area contributed by atoms with Crippen molar-refractivity contribution < 1.29 is 0 Å². The number of benzene rings is 1. The van der Waals surface area contributed by atoms with Gasteiger partial charge in [-0.3, -0.25) is 0 Å². The van der Waals surface area contributed by atoms with E-state index in [4.69, 9.17) is 5.73 Å². The predicted molar refractivity (Wildman–Crippen MR) is 88.3 cm³/mol. The van der Waals surface area contributed by atoms with Crippen LogP contribution in [0.25, 0.3) is 10.2 Å². The number of para-hydroxylation sites is 1. The van der Waals surface area contributed by atoms with Crippen molar-refractivity contribution in [2.24, 2.45) is 5.73 Å². The molecule has 0 spiro atoms. The number of aryl methyl sites for hydroxylation is 1. The monoisotopic (exact) mass is 291 g/mol. The second-order valence-electron chi connectivity index (χ2n) is 5.13. The first-order chi connectivity index (χ1) is 9.90. The minimum atomic E-state index is 0.829. The summed E-state index contributed by atoms with van der Waals surface area (Å²) in [5, 5.41) is 4.77. The van der Waals surface area contributed by atoms with Crippen molar-refractivity contribution in [3.05, 3.63) is 29.3 Å². The molecule has 0 radical (unpaired) electrons. The zero-order valence-corrected chi connectivity index (χ0v) is 12.9. The number of nitrogens with two attached hydrogens (primary N) is 1. The molecule has 2 aromatic rings. The van der Waals surface area contributed by atoms with E-state index < -0.39 is 0 Å². The third kappa shape index (κ3) is 5.19. The summed E-state index contributed by atoms with van der Waals surface area (Å²) in [5.41, 5.74) is 6.61. The molecular weight excluding hydrogens is 266 g/mol.